The normalized spacial score (nSPS) is 11.2. The van der Waals surface area contributed by atoms with Crippen LogP contribution in [0.3, 0.4) is 0 Å². The lowest BCUT2D eigenvalue weighted by Crippen LogP contribution is -2.06. The van der Waals surface area contributed by atoms with Crippen molar-refractivity contribution < 1.29 is 8.78 Å². The van der Waals surface area contributed by atoms with Crippen molar-refractivity contribution >= 4 is 15.9 Å². The number of rotatable bonds is 3. The lowest BCUT2D eigenvalue weighted by Gasteiger charge is -2.17. The Morgan fingerprint density at radius 1 is 0.950 bits per heavy atom. The summed E-state index contributed by atoms with van der Waals surface area (Å²) in [5, 5.41) is 0. The maximum absolute atomic E-state index is 13.8. The standard InChI is InChI=1S/C15H11BrF2N2/c16-15-10(7-9(17)8-11(15)18)14(12-3-1-5-19-12)13-4-2-6-20-13/h1-8,14,19-20H. The van der Waals surface area contributed by atoms with Gasteiger partial charge in [0, 0.05) is 29.8 Å². The number of H-pyrrole nitrogens is 2. The molecular formula is C15H11BrF2N2. The van der Waals surface area contributed by atoms with Gasteiger partial charge in [-0.2, -0.15) is 0 Å². The fraction of sp³-hybridized carbons (Fsp3) is 0.0667. The van der Waals surface area contributed by atoms with Crippen molar-refractivity contribution in [2.45, 2.75) is 5.92 Å². The van der Waals surface area contributed by atoms with Crippen molar-refractivity contribution in [2.75, 3.05) is 0 Å². The van der Waals surface area contributed by atoms with Crippen LogP contribution in [-0.4, -0.2) is 9.97 Å². The Hall–Kier alpha value is -1.88. The van der Waals surface area contributed by atoms with Gasteiger partial charge in [-0.3, -0.25) is 0 Å². The first-order valence-corrected chi connectivity index (χ1v) is 6.87. The minimum atomic E-state index is -0.608. The Kier molecular flexibility index (Phi) is 3.44. The second-order valence-electron chi connectivity index (χ2n) is 4.47. The van der Waals surface area contributed by atoms with E-state index < -0.39 is 11.6 Å². The highest BCUT2D eigenvalue weighted by molar-refractivity contribution is 9.10. The molecule has 2 aromatic heterocycles. The molecule has 1 aromatic carbocycles. The molecule has 0 saturated carbocycles. The van der Waals surface area contributed by atoms with Crippen LogP contribution in [0.5, 0.6) is 0 Å². The monoisotopic (exact) mass is 336 g/mol. The SMILES string of the molecule is Fc1cc(F)c(Br)c(C(c2ccc[nH]2)c2ccc[nH]2)c1. The van der Waals surface area contributed by atoms with Gasteiger partial charge in [-0.15, -0.1) is 0 Å². The third kappa shape index (κ3) is 2.29. The Morgan fingerprint density at radius 2 is 1.55 bits per heavy atom. The zero-order chi connectivity index (χ0) is 14.1. The van der Waals surface area contributed by atoms with Crippen molar-refractivity contribution in [2.24, 2.45) is 0 Å². The van der Waals surface area contributed by atoms with E-state index in [9.17, 15) is 8.78 Å². The average molecular weight is 337 g/mol. The van der Waals surface area contributed by atoms with Crippen molar-refractivity contribution in [1.29, 1.82) is 0 Å². The van der Waals surface area contributed by atoms with Gasteiger partial charge < -0.3 is 9.97 Å². The van der Waals surface area contributed by atoms with Gasteiger partial charge in [-0.1, -0.05) is 0 Å². The van der Waals surface area contributed by atoms with Crippen LogP contribution in [-0.2, 0) is 0 Å². The number of benzene rings is 1. The van der Waals surface area contributed by atoms with E-state index in [0.717, 1.165) is 17.5 Å². The highest BCUT2D eigenvalue weighted by Crippen LogP contribution is 2.36. The van der Waals surface area contributed by atoms with E-state index in [1.165, 1.54) is 6.07 Å². The van der Waals surface area contributed by atoms with E-state index in [4.69, 9.17) is 0 Å². The number of nitrogens with one attached hydrogen (secondary N) is 2. The molecule has 2 N–H and O–H groups in total. The summed E-state index contributed by atoms with van der Waals surface area (Å²) >= 11 is 3.22. The molecule has 5 heteroatoms. The molecule has 0 bridgehead atoms. The van der Waals surface area contributed by atoms with Gasteiger partial charge >= 0.3 is 0 Å². The van der Waals surface area contributed by atoms with Gasteiger partial charge in [0.05, 0.1) is 10.4 Å². The second-order valence-corrected chi connectivity index (χ2v) is 5.27. The lowest BCUT2D eigenvalue weighted by atomic mass is 9.92. The first-order valence-electron chi connectivity index (χ1n) is 6.08. The van der Waals surface area contributed by atoms with Crippen LogP contribution in [0.1, 0.15) is 22.9 Å². The predicted molar refractivity (Wildman–Crippen MR) is 76.6 cm³/mol. The molecule has 0 atom stereocenters. The first kappa shape index (κ1) is 13.1. The molecule has 0 aliphatic carbocycles. The zero-order valence-corrected chi connectivity index (χ0v) is 11.9. The summed E-state index contributed by atoms with van der Waals surface area (Å²) in [6.45, 7) is 0. The number of halogens is 3. The van der Waals surface area contributed by atoms with Crippen molar-refractivity contribution in [1.82, 2.24) is 9.97 Å². The van der Waals surface area contributed by atoms with Gasteiger partial charge in [0.1, 0.15) is 11.6 Å². The fourth-order valence-corrected chi connectivity index (χ4v) is 2.79. The maximum atomic E-state index is 13.8. The molecule has 0 saturated heterocycles. The van der Waals surface area contributed by atoms with Gasteiger partial charge in [-0.25, -0.2) is 8.78 Å². The highest BCUT2D eigenvalue weighted by Gasteiger charge is 2.23. The summed E-state index contributed by atoms with van der Waals surface area (Å²) in [7, 11) is 0. The van der Waals surface area contributed by atoms with Crippen molar-refractivity contribution in [3.8, 4) is 0 Å². The topological polar surface area (TPSA) is 31.6 Å². The van der Waals surface area contributed by atoms with E-state index in [-0.39, 0.29) is 10.4 Å². The molecule has 0 fully saturated rings. The summed E-state index contributed by atoms with van der Waals surface area (Å²) in [5.41, 5.74) is 2.25. The third-order valence-corrected chi connectivity index (χ3v) is 4.03. The summed E-state index contributed by atoms with van der Waals surface area (Å²) in [6.07, 6.45) is 3.57. The smallest absolute Gasteiger partial charge is 0.140 e. The quantitative estimate of drug-likeness (QED) is 0.657. The minimum absolute atomic E-state index is 0.271. The molecule has 20 heavy (non-hydrogen) atoms. The Balaban J connectivity index is 2.21. The number of aromatic amines is 2. The van der Waals surface area contributed by atoms with Crippen LogP contribution in [0.15, 0.2) is 53.3 Å². The van der Waals surface area contributed by atoms with E-state index in [2.05, 4.69) is 25.9 Å². The number of hydrogen-bond donors (Lipinski definition) is 2. The Labute approximate surface area is 123 Å². The number of hydrogen-bond acceptors (Lipinski definition) is 0. The van der Waals surface area contributed by atoms with Gasteiger partial charge in [0.15, 0.2) is 0 Å². The Bertz CT molecular complexity index is 672. The summed E-state index contributed by atoms with van der Waals surface area (Å²) in [4.78, 5) is 6.21. The molecule has 2 heterocycles. The van der Waals surface area contributed by atoms with Crippen LogP contribution in [0, 0.1) is 11.6 Å². The highest BCUT2D eigenvalue weighted by atomic mass is 79.9. The van der Waals surface area contributed by atoms with E-state index in [1.54, 1.807) is 12.4 Å². The summed E-state index contributed by atoms with van der Waals surface area (Å²) < 4.78 is 27.6. The molecule has 0 spiro atoms. The van der Waals surface area contributed by atoms with Crippen LogP contribution in [0.2, 0.25) is 0 Å². The molecule has 0 unspecified atom stereocenters. The van der Waals surface area contributed by atoms with Crippen LogP contribution < -0.4 is 0 Å². The molecular weight excluding hydrogens is 326 g/mol. The molecule has 2 nitrogen and oxygen atoms in total. The average Bonchev–Trinajstić information content (AvgIpc) is 3.08. The van der Waals surface area contributed by atoms with E-state index in [0.29, 0.717) is 5.56 Å². The summed E-state index contributed by atoms with van der Waals surface area (Å²) in [5.74, 6) is -1.49. The molecule has 3 rings (SSSR count). The molecule has 0 aliphatic heterocycles. The molecule has 0 aliphatic rings. The first-order chi connectivity index (χ1) is 9.66. The lowest BCUT2D eigenvalue weighted by molar-refractivity contribution is 0.573. The predicted octanol–water partition coefficient (Wildman–Crippen LogP) is 4.56. The van der Waals surface area contributed by atoms with Crippen LogP contribution >= 0.6 is 15.9 Å². The minimum Gasteiger partial charge on any atom is -0.364 e. The van der Waals surface area contributed by atoms with Gasteiger partial charge in [0.25, 0.3) is 0 Å². The Morgan fingerprint density at radius 3 is 2.05 bits per heavy atom. The summed E-state index contributed by atoms with van der Waals surface area (Å²) in [6, 6.07) is 9.71. The number of aromatic nitrogens is 2. The van der Waals surface area contributed by atoms with Gasteiger partial charge in [0.2, 0.25) is 0 Å². The molecule has 0 radical (unpaired) electrons. The third-order valence-electron chi connectivity index (χ3n) is 3.20. The molecule has 0 amide bonds. The van der Waals surface area contributed by atoms with Crippen LogP contribution in [0.25, 0.3) is 0 Å². The van der Waals surface area contributed by atoms with Crippen molar-refractivity contribution in [3.05, 3.63) is 81.9 Å². The van der Waals surface area contributed by atoms with Crippen molar-refractivity contribution in [3.63, 3.8) is 0 Å². The van der Waals surface area contributed by atoms with E-state index in [1.807, 2.05) is 24.3 Å². The second kappa shape index (κ2) is 5.25. The zero-order valence-electron chi connectivity index (χ0n) is 10.3. The fourth-order valence-electron chi connectivity index (χ4n) is 2.34. The molecule has 3 aromatic rings. The van der Waals surface area contributed by atoms with E-state index >= 15 is 0 Å². The largest absolute Gasteiger partial charge is 0.364 e. The van der Waals surface area contributed by atoms with Gasteiger partial charge in [-0.05, 0) is 51.8 Å². The molecule has 102 valence electrons. The maximum Gasteiger partial charge on any atom is 0.140 e. The van der Waals surface area contributed by atoms with Crippen LogP contribution in [0.4, 0.5) is 8.78 Å².